The van der Waals surface area contributed by atoms with E-state index in [0.717, 1.165) is 5.46 Å². The Hall–Kier alpha value is -1.60. The Morgan fingerprint density at radius 3 is 2.36 bits per heavy atom. The highest BCUT2D eigenvalue weighted by molar-refractivity contribution is 6.62. The van der Waals surface area contributed by atoms with Gasteiger partial charge in [-0.2, -0.15) is 0 Å². The zero-order chi connectivity index (χ0) is 16.3. The number of nitrogens with one attached hydrogen (secondary N) is 1. The highest BCUT2D eigenvalue weighted by atomic mass is 16.7. The lowest BCUT2D eigenvalue weighted by Gasteiger charge is -2.32. The number of aromatic amines is 1. The Labute approximate surface area is 130 Å². The van der Waals surface area contributed by atoms with Crippen molar-refractivity contribution in [1.82, 2.24) is 14.5 Å². The monoisotopic (exact) mass is 303 g/mol. The summed E-state index contributed by atoms with van der Waals surface area (Å²) in [5.41, 5.74) is 1.21. The first-order valence-electron chi connectivity index (χ1n) is 7.58. The van der Waals surface area contributed by atoms with Crippen LogP contribution >= 0.6 is 0 Å². The van der Waals surface area contributed by atoms with Gasteiger partial charge in [-0.25, -0.2) is 9.78 Å². The van der Waals surface area contributed by atoms with Crippen molar-refractivity contribution < 1.29 is 9.31 Å². The largest absolute Gasteiger partial charge is 0.496 e. The van der Waals surface area contributed by atoms with Gasteiger partial charge >= 0.3 is 12.8 Å². The molecular weight excluding hydrogens is 281 g/mol. The molecule has 1 saturated heterocycles. The number of pyridine rings is 1. The van der Waals surface area contributed by atoms with Gasteiger partial charge in [-0.05, 0) is 47.6 Å². The molecule has 0 aromatic carbocycles. The molecule has 1 aliphatic rings. The fourth-order valence-corrected chi connectivity index (χ4v) is 2.62. The lowest BCUT2D eigenvalue weighted by Crippen LogP contribution is -2.41. The zero-order valence-corrected chi connectivity index (χ0v) is 13.9. The fourth-order valence-electron chi connectivity index (χ4n) is 2.62. The Morgan fingerprint density at radius 1 is 1.23 bits per heavy atom. The van der Waals surface area contributed by atoms with E-state index in [2.05, 4.69) is 9.97 Å². The molecule has 0 radical (unpaired) electrons. The van der Waals surface area contributed by atoms with Gasteiger partial charge in [0.1, 0.15) is 0 Å². The molecule has 1 N–H and O–H groups in total. The molecule has 118 valence electrons. The second-order valence-corrected chi connectivity index (χ2v) is 7.12. The highest BCUT2D eigenvalue weighted by Gasteiger charge is 2.51. The molecule has 0 bridgehead atoms. The maximum absolute atomic E-state index is 12.0. The quantitative estimate of drug-likeness (QED) is 0.856. The molecule has 1 aliphatic heterocycles. The van der Waals surface area contributed by atoms with Gasteiger partial charge in [-0.15, -0.1) is 0 Å². The van der Waals surface area contributed by atoms with Crippen LogP contribution in [0.2, 0.25) is 0 Å². The molecule has 0 aliphatic carbocycles. The average molecular weight is 303 g/mol. The van der Waals surface area contributed by atoms with Crippen LogP contribution in [0.25, 0.3) is 11.2 Å². The average Bonchev–Trinajstić information content (AvgIpc) is 2.81. The summed E-state index contributed by atoms with van der Waals surface area (Å²) < 4.78 is 13.7. The molecule has 22 heavy (non-hydrogen) atoms. The summed E-state index contributed by atoms with van der Waals surface area (Å²) in [5.74, 6) is 0. The van der Waals surface area contributed by atoms with Gasteiger partial charge in [0.2, 0.25) is 0 Å². The van der Waals surface area contributed by atoms with Crippen LogP contribution in [-0.2, 0) is 9.31 Å². The lowest BCUT2D eigenvalue weighted by atomic mass is 9.80. The molecule has 2 aromatic heterocycles. The number of fused-ring (bicyclic) bond motifs is 1. The normalized spacial score (nSPS) is 20.2. The van der Waals surface area contributed by atoms with Crippen LogP contribution < -0.4 is 11.2 Å². The molecular formula is C15H22BN3O3. The SMILES string of the molecule is CC(C)n1c(=O)[nH]c2cc(B3OC(C)(C)C(C)(C)O3)cnc21. The smallest absolute Gasteiger partial charge is 0.399 e. The van der Waals surface area contributed by atoms with Gasteiger partial charge in [-0.1, -0.05) is 0 Å². The number of imidazole rings is 1. The fraction of sp³-hybridized carbons (Fsp3) is 0.600. The van der Waals surface area contributed by atoms with Gasteiger partial charge in [-0.3, -0.25) is 4.57 Å². The Bertz CT molecular complexity index is 760. The minimum Gasteiger partial charge on any atom is -0.399 e. The summed E-state index contributed by atoms with van der Waals surface area (Å²) in [7, 11) is -0.479. The van der Waals surface area contributed by atoms with Crippen molar-refractivity contribution >= 4 is 23.7 Å². The summed E-state index contributed by atoms with van der Waals surface area (Å²) in [4.78, 5) is 19.3. The van der Waals surface area contributed by atoms with Crippen LogP contribution in [0.15, 0.2) is 17.1 Å². The van der Waals surface area contributed by atoms with Crippen molar-refractivity contribution in [3.63, 3.8) is 0 Å². The van der Waals surface area contributed by atoms with Gasteiger partial charge in [0.25, 0.3) is 0 Å². The summed E-state index contributed by atoms with van der Waals surface area (Å²) in [5, 5.41) is 0. The molecule has 2 aromatic rings. The zero-order valence-electron chi connectivity index (χ0n) is 13.9. The molecule has 0 unspecified atom stereocenters. The maximum atomic E-state index is 12.0. The van der Waals surface area contributed by atoms with E-state index < -0.39 is 18.3 Å². The minimum atomic E-state index is -0.479. The second kappa shape index (κ2) is 4.70. The van der Waals surface area contributed by atoms with E-state index in [1.54, 1.807) is 10.8 Å². The van der Waals surface area contributed by atoms with E-state index in [1.807, 2.05) is 47.6 Å². The minimum absolute atomic E-state index is 0.0523. The first-order valence-corrected chi connectivity index (χ1v) is 7.58. The third-order valence-corrected chi connectivity index (χ3v) is 4.62. The molecule has 0 saturated carbocycles. The number of H-pyrrole nitrogens is 1. The van der Waals surface area contributed by atoms with Crippen LogP contribution in [0.3, 0.4) is 0 Å². The highest BCUT2D eigenvalue weighted by Crippen LogP contribution is 2.36. The summed E-state index contributed by atoms with van der Waals surface area (Å²) in [6, 6.07) is 1.93. The first-order chi connectivity index (χ1) is 10.1. The van der Waals surface area contributed by atoms with Gasteiger partial charge in [0.05, 0.1) is 16.7 Å². The first kappa shape index (κ1) is 15.3. The van der Waals surface area contributed by atoms with E-state index in [4.69, 9.17) is 9.31 Å². The number of hydrogen-bond acceptors (Lipinski definition) is 4. The van der Waals surface area contributed by atoms with Crippen LogP contribution in [0.1, 0.15) is 47.6 Å². The molecule has 0 atom stereocenters. The number of nitrogens with zero attached hydrogens (tertiary/aromatic N) is 2. The topological polar surface area (TPSA) is 69.1 Å². The second-order valence-electron chi connectivity index (χ2n) is 7.12. The maximum Gasteiger partial charge on any atom is 0.496 e. The summed E-state index contributed by atoms with van der Waals surface area (Å²) in [6.45, 7) is 12.0. The van der Waals surface area contributed by atoms with E-state index in [1.165, 1.54) is 0 Å². The summed E-state index contributed by atoms with van der Waals surface area (Å²) in [6.07, 6.45) is 1.72. The van der Waals surface area contributed by atoms with E-state index >= 15 is 0 Å². The van der Waals surface area contributed by atoms with Crippen LogP contribution in [0.5, 0.6) is 0 Å². The molecule has 0 spiro atoms. The Kier molecular flexibility index (Phi) is 3.27. The van der Waals surface area contributed by atoms with Crippen LogP contribution in [-0.4, -0.2) is 32.9 Å². The lowest BCUT2D eigenvalue weighted by molar-refractivity contribution is 0.00578. The van der Waals surface area contributed by atoms with Crippen molar-refractivity contribution in [3.05, 3.63) is 22.7 Å². The third kappa shape index (κ3) is 2.19. The molecule has 3 rings (SSSR count). The third-order valence-electron chi connectivity index (χ3n) is 4.62. The Balaban J connectivity index is 2.03. The number of rotatable bonds is 2. The van der Waals surface area contributed by atoms with E-state index in [0.29, 0.717) is 11.2 Å². The van der Waals surface area contributed by atoms with Crippen molar-refractivity contribution in [2.75, 3.05) is 0 Å². The molecule has 0 amide bonds. The summed E-state index contributed by atoms with van der Waals surface area (Å²) >= 11 is 0. The number of hydrogen-bond donors (Lipinski definition) is 1. The molecule has 3 heterocycles. The van der Waals surface area contributed by atoms with E-state index in [9.17, 15) is 4.79 Å². The van der Waals surface area contributed by atoms with Crippen molar-refractivity contribution in [1.29, 1.82) is 0 Å². The molecule has 6 nitrogen and oxygen atoms in total. The van der Waals surface area contributed by atoms with E-state index in [-0.39, 0.29) is 11.7 Å². The molecule has 1 fully saturated rings. The van der Waals surface area contributed by atoms with Gasteiger partial charge in [0, 0.05) is 17.7 Å². The van der Waals surface area contributed by atoms with Gasteiger partial charge in [0.15, 0.2) is 5.65 Å². The van der Waals surface area contributed by atoms with Crippen molar-refractivity contribution in [3.8, 4) is 0 Å². The van der Waals surface area contributed by atoms with Gasteiger partial charge < -0.3 is 14.3 Å². The predicted octanol–water partition coefficient (Wildman–Crippen LogP) is 1.60. The van der Waals surface area contributed by atoms with Crippen molar-refractivity contribution in [2.45, 2.75) is 58.8 Å². The standard InChI is InChI=1S/C15H22BN3O3/c1-9(2)19-12-11(18-13(19)20)7-10(8-17-12)16-21-14(3,4)15(5,6)22-16/h7-9H,1-6H3,(H,18,20). The Morgan fingerprint density at radius 2 is 1.82 bits per heavy atom. The predicted molar refractivity (Wildman–Crippen MR) is 86.5 cm³/mol. The number of aromatic nitrogens is 3. The van der Waals surface area contributed by atoms with Crippen molar-refractivity contribution in [2.24, 2.45) is 0 Å². The molecule has 7 heteroatoms. The van der Waals surface area contributed by atoms with Crippen LogP contribution in [0, 0.1) is 0 Å². The van der Waals surface area contributed by atoms with Crippen LogP contribution in [0.4, 0.5) is 0 Å².